The fourth-order valence-electron chi connectivity index (χ4n) is 1.58. The van der Waals surface area contributed by atoms with E-state index in [1.54, 1.807) is 0 Å². The molecule has 0 saturated carbocycles. The maximum atomic E-state index is 9.45. The molecule has 13 heavy (non-hydrogen) atoms. The van der Waals surface area contributed by atoms with Crippen molar-refractivity contribution < 1.29 is 22.0 Å². The monoisotopic (exact) mass is 210 g/mol. The number of nitrogens with two attached hydrogens (primary N) is 1. The van der Waals surface area contributed by atoms with Crippen LogP contribution in [-0.2, 0) is 0 Å². The highest BCUT2D eigenvalue weighted by Crippen LogP contribution is 2.06. The molecule has 1 atom stereocenters. The molecule has 0 fully saturated rings. The van der Waals surface area contributed by atoms with Gasteiger partial charge in [-0.05, 0) is 20.8 Å². The molecule has 0 aliphatic rings. The van der Waals surface area contributed by atoms with Crippen LogP contribution in [0.15, 0.2) is 0 Å². The molecule has 4 heteroatoms. The molecule has 0 amide bonds. The van der Waals surface area contributed by atoms with Gasteiger partial charge in [0.15, 0.2) is 0 Å². The van der Waals surface area contributed by atoms with Gasteiger partial charge in [0.25, 0.3) is 0 Å². The Balaban J connectivity index is 0. The molecular weight excluding hydrogens is 188 g/mol. The molecule has 0 aromatic rings. The van der Waals surface area contributed by atoms with E-state index in [1.165, 1.54) is 0 Å². The van der Waals surface area contributed by atoms with Gasteiger partial charge < -0.3 is 27.7 Å². The van der Waals surface area contributed by atoms with Crippen LogP contribution in [0.4, 0.5) is 0 Å². The average molecular weight is 211 g/mol. The molecular formula is C9H23ClN2O. The van der Waals surface area contributed by atoms with Gasteiger partial charge in [-0.3, -0.25) is 0 Å². The molecule has 0 bridgehead atoms. The number of hydrogen-bond donors (Lipinski definition) is 2. The van der Waals surface area contributed by atoms with E-state index in [1.807, 2.05) is 0 Å². The summed E-state index contributed by atoms with van der Waals surface area (Å²) in [6.45, 7) is 10.9. The lowest BCUT2D eigenvalue weighted by atomic mass is 10.2. The van der Waals surface area contributed by atoms with E-state index in [4.69, 9.17) is 5.73 Å². The summed E-state index contributed by atoms with van der Waals surface area (Å²) in [5, 5.41) is 9.45. The highest BCUT2D eigenvalue weighted by Gasteiger charge is 2.23. The molecule has 82 valence electrons. The van der Waals surface area contributed by atoms with Crippen LogP contribution in [0.1, 0.15) is 20.8 Å². The third-order valence-electron chi connectivity index (χ3n) is 2.88. The van der Waals surface area contributed by atoms with E-state index >= 15 is 0 Å². The zero-order valence-electron chi connectivity index (χ0n) is 8.96. The highest BCUT2D eigenvalue weighted by atomic mass is 35.5. The SMILES string of the molecule is CC[N+](CC)(CC)CC(O)CN.[Cl-]. The van der Waals surface area contributed by atoms with Crippen molar-refractivity contribution in [1.82, 2.24) is 0 Å². The van der Waals surface area contributed by atoms with E-state index in [0.717, 1.165) is 30.7 Å². The van der Waals surface area contributed by atoms with Crippen LogP contribution < -0.4 is 18.1 Å². The van der Waals surface area contributed by atoms with Gasteiger partial charge in [-0.15, -0.1) is 0 Å². The van der Waals surface area contributed by atoms with Gasteiger partial charge in [0, 0.05) is 6.54 Å². The summed E-state index contributed by atoms with van der Waals surface area (Å²) < 4.78 is 0.971. The van der Waals surface area contributed by atoms with E-state index < -0.39 is 0 Å². The molecule has 0 aliphatic heterocycles. The molecule has 3 N–H and O–H groups in total. The minimum Gasteiger partial charge on any atom is -1.00 e. The Morgan fingerprint density at radius 2 is 1.54 bits per heavy atom. The second-order valence-electron chi connectivity index (χ2n) is 3.36. The largest absolute Gasteiger partial charge is 1.00 e. The molecule has 0 aliphatic carbocycles. The Bertz CT molecular complexity index is 110. The lowest BCUT2D eigenvalue weighted by molar-refractivity contribution is -0.925. The maximum absolute atomic E-state index is 9.45. The number of rotatable bonds is 6. The first-order valence-corrected chi connectivity index (χ1v) is 4.87. The van der Waals surface area contributed by atoms with E-state index in [2.05, 4.69) is 20.8 Å². The molecule has 1 unspecified atom stereocenters. The van der Waals surface area contributed by atoms with Crippen LogP contribution in [0.25, 0.3) is 0 Å². The molecule has 0 aromatic heterocycles. The normalized spacial score (nSPS) is 13.6. The minimum absolute atomic E-state index is 0. The molecule has 0 saturated heterocycles. The number of quaternary nitrogens is 1. The van der Waals surface area contributed by atoms with Crippen LogP contribution in [0, 0.1) is 0 Å². The Hall–Kier alpha value is 0.170. The Kier molecular flexibility index (Phi) is 9.09. The van der Waals surface area contributed by atoms with Crippen LogP contribution in [0.5, 0.6) is 0 Å². The standard InChI is InChI=1S/C9H23N2O.ClH/c1-4-11(5-2,6-3)8-9(12)7-10;/h9,12H,4-8,10H2,1-3H3;1H/q+1;/p-1. The number of likely N-dealkylation sites (N-methyl/N-ethyl adjacent to an activating group) is 1. The predicted molar refractivity (Wildman–Crippen MR) is 51.8 cm³/mol. The van der Waals surface area contributed by atoms with Crippen molar-refractivity contribution in [2.24, 2.45) is 5.73 Å². The first kappa shape index (κ1) is 15.6. The van der Waals surface area contributed by atoms with E-state index in [0.29, 0.717) is 6.54 Å². The zero-order chi connectivity index (χ0) is 9.61. The summed E-state index contributed by atoms with van der Waals surface area (Å²) in [5.74, 6) is 0. The predicted octanol–water partition coefficient (Wildman–Crippen LogP) is -2.81. The quantitative estimate of drug-likeness (QED) is 0.465. The van der Waals surface area contributed by atoms with E-state index in [-0.39, 0.29) is 18.5 Å². The lowest BCUT2D eigenvalue weighted by Crippen LogP contribution is -3.00. The lowest BCUT2D eigenvalue weighted by Gasteiger charge is -2.37. The summed E-state index contributed by atoms with van der Waals surface area (Å²) >= 11 is 0. The zero-order valence-corrected chi connectivity index (χ0v) is 9.72. The van der Waals surface area contributed by atoms with Crippen molar-refractivity contribution in [2.75, 3.05) is 32.7 Å². The summed E-state index contributed by atoms with van der Waals surface area (Å²) in [6, 6.07) is 0. The van der Waals surface area contributed by atoms with Crippen molar-refractivity contribution in [3.63, 3.8) is 0 Å². The van der Waals surface area contributed by atoms with Crippen molar-refractivity contribution >= 4 is 0 Å². The Morgan fingerprint density at radius 3 is 1.77 bits per heavy atom. The van der Waals surface area contributed by atoms with Crippen molar-refractivity contribution in [1.29, 1.82) is 0 Å². The first-order valence-electron chi connectivity index (χ1n) is 4.87. The molecule has 0 rings (SSSR count). The Morgan fingerprint density at radius 1 is 1.15 bits per heavy atom. The molecule has 0 aromatic carbocycles. The fraction of sp³-hybridized carbons (Fsp3) is 1.00. The number of hydrogen-bond acceptors (Lipinski definition) is 2. The summed E-state index contributed by atoms with van der Waals surface area (Å²) in [5.41, 5.74) is 5.38. The van der Waals surface area contributed by atoms with Crippen LogP contribution in [0.2, 0.25) is 0 Å². The summed E-state index contributed by atoms with van der Waals surface area (Å²) in [6.07, 6.45) is -0.343. The van der Waals surface area contributed by atoms with Gasteiger partial charge in [-0.1, -0.05) is 0 Å². The van der Waals surface area contributed by atoms with Crippen molar-refractivity contribution in [3.8, 4) is 0 Å². The number of aliphatic hydroxyl groups excluding tert-OH is 1. The topological polar surface area (TPSA) is 46.2 Å². The van der Waals surface area contributed by atoms with Crippen LogP contribution in [-0.4, -0.2) is 48.4 Å². The smallest absolute Gasteiger partial charge is 0.115 e. The van der Waals surface area contributed by atoms with Gasteiger partial charge in [0.2, 0.25) is 0 Å². The minimum atomic E-state index is -0.343. The fourth-order valence-corrected chi connectivity index (χ4v) is 1.58. The third-order valence-corrected chi connectivity index (χ3v) is 2.88. The van der Waals surface area contributed by atoms with Crippen LogP contribution in [0.3, 0.4) is 0 Å². The van der Waals surface area contributed by atoms with Gasteiger partial charge in [-0.2, -0.15) is 0 Å². The second-order valence-corrected chi connectivity index (χ2v) is 3.36. The van der Waals surface area contributed by atoms with Gasteiger partial charge >= 0.3 is 0 Å². The first-order chi connectivity index (χ1) is 5.64. The van der Waals surface area contributed by atoms with Gasteiger partial charge in [0.1, 0.15) is 12.6 Å². The Labute approximate surface area is 87.9 Å². The van der Waals surface area contributed by atoms with Crippen LogP contribution >= 0.6 is 0 Å². The number of nitrogens with zero attached hydrogens (tertiary/aromatic N) is 1. The van der Waals surface area contributed by atoms with Crippen molar-refractivity contribution in [2.45, 2.75) is 26.9 Å². The molecule has 0 radical (unpaired) electrons. The van der Waals surface area contributed by atoms with Gasteiger partial charge in [0.05, 0.1) is 19.6 Å². The third kappa shape index (κ3) is 4.81. The number of aliphatic hydroxyl groups is 1. The summed E-state index contributed by atoms with van der Waals surface area (Å²) in [7, 11) is 0. The van der Waals surface area contributed by atoms with E-state index in [9.17, 15) is 5.11 Å². The van der Waals surface area contributed by atoms with Gasteiger partial charge in [-0.25, -0.2) is 0 Å². The molecule has 0 spiro atoms. The molecule has 3 nitrogen and oxygen atoms in total. The maximum Gasteiger partial charge on any atom is 0.115 e. The summed E-state index contributed by atoms with van der Waals surface area (Å²) in [4.78, 5) is 0. The number of halogens is 1. The highest BCUT2D eigenvalue weighted by molar-refractivity contribution is 4.54. The second kappa shape index (κ2) is 7.56. The molecule has 0 heterocycles. The average Bonchev–Trinajstić information content (AvgIpc) is 2.14. The van der Waals surface area contributed by atoms with Crippen molar-refractivity contribution in [3.05, 3.63) is 0 Å².